The number of carbonyl (C=O) groups excluding carboxylic acids is 3. The Hall–Kier alpha value is -3.71. The van der Waals surface area contributed by atoms with E-state index in [0.717, 1.165) is 20.4 Å². The summed E-state index contributed by atoms with van der Waals surface area (Å²) in [6.07, 6.45) is 1.86. The van der Waals surface area contributed by atoms with Crippen LogP contribution in [0.3, 0.4) is 0 Å². The first-order valence-electron chi connectivity index (χ1n) is 8.70. The van der Waals surface area contributed by atoms with Gasteiger partial charge in [-0.05, 0) is 0 Å². The van der Waals surface area contributed by atoms with Gasteiger partial charge in [0, 0.05) is 6.20 Å². The van der Waals surface area contributed by atoms with Gasteiger partial charge in [0.15, 0.2) is 12.4 Å². The van der Waals surface area contributed by atoms with Crippen LogP contribution in [-0.2, 0) is 23.9 Å². The average Bonchev–Trinajstić information content (AvgIpc) is 3.23. The van der Waals surface area contributed by atoms with Gasteiger partial charge < -0.3 is 19.5 Å². The van der Waals surface area contributed by atoms with Crippen molar-refractivity contribution in [2.24, 2.45) is 0 Å². The first-order chi connectivity index (χ1) is 15.1. The molecule has 0 unspecified atom stereocenters. The molecule has 174 valence electrons. The topological polar surface area (TPSA) is 109 Å². The van der Waals surface area contributed by atoms with Crippen molar-refractivity contribution >= 4 is 23.5 Å². The van der Waals surface area contributed by atoms with E-state index in [0.29, 0.717) is 0 Å². The second-order valence-corrected chi connectivity index (χ2v) is 6.16. The number of hydrogen-bond donors (Lipinski definition) is 1. The third kappa shape index (κ3) is 5.70. The highest BCUT2D eigenvalue weighted by molar-refractivity contribution is 5.91. The predicted octanol–water partition coefficient (Wildman–Crippen LogP) is 2.26. The molecule has 0 bridgehead atoms. The zero-order valence-electron chi connectivity index (χ0n) is 16.6. The van der Waals surface area contributed by atoms with E-state index in [9.17, 15) is 36.3 Å². The summed E-state index contributed by atoms with van der Waals surface area (Å²) in [5, 5.41) is 6.12. The van der Waals surface area contributed by atoms with E-state index in [-0.39, 0.29) is 18.5 Å². The molecule has 0 aliphatic carbocycles. The number of ether oxygens (including phenoxy) is 3. The molecule has 0 fully saturated rings. The summed E-state index contributed by atoms with van der Waals surface area (Å²) in [5.74, 6) is -15.2. The number of esters is 2. The molecule has 0 saturated heterocycles. The summed E-state index contributed by atoms with van der Waals surface area (Å²) in [6, 6.07) is -0.815. The Labute approximate surface area is 177 Å². The fraction of sp³-hybridized carbons (Fsp3) is 0.333. The van der Waals surface area contributed by atoms with Crippen LogP contribution in [0.15, 0.2) is 12.4 Å². The first-order valence-corrected chi connectivity index (χ1v) is 8.70. The number of amides is 1. The lowest BCUT2D eigenvalue weighted by Gasteiger charge is -2.15. The highest BCUT2D eigenvalue weighted by Gasteiger charge is 2.27. The first kappa shape index (κ1) is 24.6. The minimum absolute atomic E-state index is 0.0238. The minimum atomic E-state index is -2.36. The molecule has 2 aromatic rings. The van der Waals surface area contributed by atoms with Gasteiger partial charge in [0.05, 0.1) is 45.0 Å². The van der Waals surface area contributed by atoms with Crippen molar-refractivity contribution in [3.05, 3.63) is 41.5 Å². The molecule has 1 heterocycles. The zero-order chi connectivity index (χ0) is 24.0. The fourth-order valence-electron chi connectivity index (χ4n) is 2.46. The number of aromatic nitrogens is 2. The number of halogens is 5. The van der Waals surface area contributed by atoms with E-state index in [4.69, 9.17) is 0 Å². The molecule has 0 radical (unpaired) electrons. The van der Waals surface area contributed by atoms with E-state index < -0.39 is 65.3 Å². The molecule has 1 aromatic carbocycles. The van der Waals surface area contributed by atoms with E-state index in [2.05, 4.69) is 24.6 Å². The molecule has 0 spiro atoms. The fourth-order valence-corrected chi connectivity index (χ4v) is 2.46. The molecule has 32 heavy (non-hydrogen) atoms. The van der Waals surface area contributed by atoms with Gasteiger partial charge in [0.2, 0.25) is 29.1 Å². The van der Waals surface area contributed by atoms with Gasteiger partial charge in [-0.25, -0.2) is 13.2 Å². The Morgan fingerprint density at radius 3 is 1.94 bits per heavy atom. The molecule has 14 heteroatoms. The molecule has 0 aliphatic heterocycles. The van der Waals surface area contributed by atoms with Crippen molar-refractivity contribution in [2.45, 2.75) is 18.9 Å². The quantitative estimate of drug-likeness (QED) is 0.262. The summed E-state index contributed by atoms with van der Waals surface area (Å²) in [6.45, 7) is -1.10. The number of nitrogens with zero attached hydrogens (tertiary/aromatic N) is 2. The number of rotatable bonds is 9. The highest BCUT2D eigenvalue weighted by Crippen LogP contribution is 2.29. The third-order valence-corrected chi connectivity index (χ3v) is 4.04. The average molecular weight is 465 g/mol. The molecule has 0 aliphatic rings. The smallest absolute Gasteiger partial charge is 0.307 e. The van der Waals surface area contributed by atoms with Gasteiger partial charge in [0.1, 0.15) is 0 Å². The van der Waals surface area contributed by atoms with Crippen LogP contribution in [0.1, 0.15) is 18.9 Å². The molecule has 1 aromatic heterocycles. The lowest BCUT2D eigenvalue weighted by Crippen LogP contribution is -2.21. The number of hydrogen-bond acceptors (Lipinski definition) is 7. The largest absolute Gasteiger partial charge is 0.477 e. The van der Waals surface area contributed by atoms with Gasteiger partial charge >= 0.3 is 11.9 Å². The van der Waals surface area contributed by atoms with Crippen molar-refractivity contribution in [2.75, 3.05) is 26.1 Å². The molecular formula is C18H16F5N3O6. The van der Waals surface area contributed by atoms with Crippen LogP contribution in [0.2, 0.25) is 0 Å². The molecule has 9 nitrogen and oxygen atoms in total. The van der Waals surface area contributed by atoms with E-state index in [1.165, 1.54) is 10.9 Å². The van der Waals surface area contributed by atoms with Crippen molar-refractivity contribution in [1.29, 1.82) is 0 Å². The van der Waals surface area contributed by atoms with Crippen molar-refractivity contribution in [1.82, 2.24) is 9.78 Å². The van der Waals surface area contributed by atoms with Crippen LogP contribution in [0, 0.1) is 29.1 Å². The summed E-state index contributed by atoms with van der Waals surface area (Å²) in [7, 11) is 2.30. The molecular weight excluding hydrogens is 449 g/mol. The molecule has 1 N–H and O–H groups in total. The van der Waals surface area contributed by atoms with Gasteiger partial charge in [0.25, 0.3) is 5.91 Å². The lowest BCUT2D eigenvalue weighted by atomic mass is 10.1. The maximum Gasteiger partial charge on any atom is 0.307 e. The van der Waals surface area contributed by atoms with Gasteiger partial charge in [-0.15, -0.1) is 0 Å². The molecule has 1 amide bonds. The monoisotopic (exact) mass is 465 g/mol. The second kappa shape index (κ2) is 10.5. The third-order valence-electron chi connectivity index (χ3n) is 4.04. The van der Waals surface area contributed by atoms with Crippen LogP contribution in [0.25, 0.3) is 0 Å². The van der Waals surface area contributed by atoms with E-state index >= 15 is 0 Å². The Balaban J connectivity index is 2.07. The molecule has 0 atom stereocenters. The maximum absolute atomic E-state index is 13.6. The minimum Gasteiger partial charge on any atom is -0.477 e. The van der Waals surface area contributed by atoms with Gasteiger partial charge in [-0.3, -0.25) is 19.1 Å². The zero-order valence-corrected chi connectivity index (χ0v) is 16.6. The number of methoxy groups -OCH3 is 2. The Bertz CT molecular complexity index is 982. The van der Waals surface area contributed by atoms with Crippen LogP contribution >= 0.6 is 0 Å². The Morgan fingerprint density at radius 1 is 0.938 bits per heavy atom. The standard InChI is InChI=1S/C18H16F5N3O6/c1-30-11(28)3-9(4-12(29)31-2)26-6-8(5-24-26)25-10(27)7-32-18-16(22)14(20)13(19)15(21)17(18)23/h5-6,9H,3-4,7H2,1-2H3,(H,25,27). The maximum atomic E-state index is 13.6. The van der Waals surface area contributed by atoms with Gasteiger partial charge in [-0.2, -0.15) is 13.9 Å². The van der Waals surface area contributed by atoms with Crippen LogP contribution in [0.4, 0.5) is 27.6 Å². The van der Waals surface area contributed by atoms with Crippen molar-refractivity contribution in [3.63, 3.8) is 0 Å². The number of anilines is 1. The normalized spacial score (nSPS) is 10.8. The summed E-state index contributed by atoms with van der Waals surface area (Å²) >= 11 is 0. The lowest BCUT2D eigenvalue weighted by molar-refractivity contribution is -0.144. The number of carbonyl (C=O) groups is 3. The van der Waals surface area contributed by atoms with E-state index in [1.54, 1.807) is 0 Å². The second-order valence-electron chi connectivity index (χ2n) is 6.16. The summed E-state index contributed by atoms with van der Waals surface area (Å²) in [4.78, 5) is 35.1. The SMILES string of the molecule is COC(=O)CC(CC(=O)OC)n1cc(NC(=O)COc2c(F)c(F)c(F)c(F)c2F)cn1. The Morgan fingerprint density at radius 2 is 1.44 bits per heavy atom. The summed E-state index contributed by atoms with van der Waals surface area (Å²) < 4.78 is 81.2. The predicted molar refractivity (Wildman–Crippen MR) is 94.9 cm³/mol. The van der Waals surface area contributed by atoms with Crippen LogP contribution in [-0.4, -0.2) is 48.5 Å². The molecule has 2 rings (SSSR count). The molecule has 0 saturated carbocycles. The van der Waals surface area contributed by atoms with Crippen molar-refractivity contribution < 1.29 is 50.5 Å². The summed E-state index contributed by atoms with van der Waals surface area (Å²) in [5.41, 5.74) is 0.0238. The number of nitrogens with one attached hydrogen (secondary N) is 1. The Kier molecular flexibility index (Phi) is 8.09. The van der Waals surface area contributed by atoms with Crippen molar-refractivity contribution in [3.8, 4) is 5.75 Å². The van der Waals surface area contributed by atoms with E-state index in [1.807, 2.05) is 0 Å². The van der Waals surface area contributed by atoms with Crippen LogP contribution < -0.4 is 10.1 Å². The van der Waals surface area contributed by atoms with Gasteiger partial charge in [-0.1, -0.05) is 0 Å². The highest BCUT2D eigenvalue weighted by atomic mass is 19.2. The van der Waals surface area contributed by atoms with Crippen LogP contribution in [0.5, 0.6) is 5.75 Å². The number of benzene rings is 1.